The lowest BCUT2D eigenvalue weighted by Crippen LogP contribution is -2.35. The van der Waals surface area contributed by atoms with E-state index in [9.17, 15) is 5.11 Å². The molecule has 0 aliphatic rings. The van der Waals surface area contributed by atoms with Crippen LogP contribution in [0.3, 0.4) is 0 Å². The molecule has 152 valence electrons. The van der Waals surface area contributed by atoms with Gasteiger partial charge in [0, 0.05) is 19.6 Å². The van der Waals surface area contributed by atoms with E-state index in [1.165, 1.54) is 16.7 Å². The summed E-state index contributed by atoms with van der Waals surface area (Å²) >= 11 is 0. The van der Waals surface area contributed by atoms with Crippen molar-refractivity contribution >= 4 is 0 Å². The predicted octanol–water partition coefficient (Wildman–Crippen LogP) is 4.45. The lowest BCUT2D eigenvalue weighted by Gasteiger charge is -2.25. The average Bonchev–Trinajstić information content (AvgIpc) is 2.75. The summed E-state index contributed by atoms with van der Waals surface area (Å²) < 4.78 is 10.9. The van der Waals surface area contributed by atoms with E-state index in [0.717, 1.165) is 24.6 Å². The molecule has 4 nitrogen and oxygen atoms in total. The normalized spacial score (nSPS) is 12.0. The monoisotopic (exact) mass is 391 g/mol. The molecule has 0 heterocycles. The molecule has 0 aliphatic carbocycles. The lowest BCUT2D eigenvalue weighted by atomic mass is 10.1. The smallest absolute Gasteiger partial charge is 0.119 e. The zero-order valence-electron chi connectivity index (χ0n) is 17.1. The number of aryl methyl sites for hydroxylation is 1. The molecule has 0 unspecified atom stereocenters. The standard InChI is InChI=1S/C25H29NO3/c1-20-8-10-22(11-9-20)17-26(16-21-6-4-3-5-7-21)18-23(27)19-29-25-14-12-24(28-2)13-15-25/h3-15,23,27H,16-19H2,1-2H3/t23-/m1/s1. The molecule has 0 saturated carbocycles. The van der Waals surface area contributed by atoms with Crippen molar-refractivity contribution in [1.82, 2.24) is 4.90 Å². The van der Waals surface area contributed by atoms with Crippen LogP contribution in [-0.4, -0.2) is 36.4 Å². The molecule has 0 radical (unpaired) electrons. The first-order chi connectivity index (χ1) is 14.1. The fourth-order valence-corrected chi connectivity index (χ4v) is 3.19. The number of hydrogen-bond acceptors (Lipinski definition) is 4. The molecular weight excluding hydrogens is 362 g/mol. The van der Waals surface area contributed by atoms with E-state index < -0.39 is 6.10 Å². The van der Waals surface area contributed by atoms with E-state index in [4.69, 9.17) is 9.47 Å². The van der Waals surface area contributed by atoms with Crippen molar-refractivity contribution in [3.63, 3.8) is 0 Å². The highest BCUT2D eigenvalue weighted by molar-refractivity contribution is 5.31. The largest absolute Gasteiger partial charge is 0.497 e. The number of methoxy groups -OCH3 is 1. The first-order valence-electron chi connectivity index (χ1n) is 9.89. The third-order valence-corrected chi connectivity index (χ3v) is 4.75. The maximum atomic E-state index is 10.6. The molecule has 1 atom stereocenters. The van der Waals surface area contributed by atoms with Crippen molar-refractivity contribution in [2.75, 3.05) is 20.3 Å². The molecule has 0 spiro atoms. The molecule has 1 N–H and O–H groups in total. The Balaban J connectivity index is 1.60. The molecule has 4 heteroatoms. The predicted molar refractivity (Wildman–Crippen MR) is 116 cm³/mol. The van der Waals surface area contributed by atoms with Gasteiger partial charge in [-0.2, -0.15) is 0 Å². The van der Waals surface area contributed by atoms with Gasteiger partial charge in [0.15, 0.2) is 0 Å². The summed E-state index contributed by atoms with van der Waals surface area (Å²) in [4.78, 5) is 2.25. The van der Waals surface area contributed by atoms with Crippen LogP contribution >= 0.6 is 0 Å². The number of ether oxygens (including phenoxy) is 2. The molecule has 0 bridgehead atoms. The molecule has 3 rings (SSSR count). The van der Waals surface area contributed by atoms with Gasteiger partial charge in [-0.1, -0.05) is 60.2 Å². The molecule has 29 heavy (non-hydrogen) atoms. The Hall–Kier alpha value is -2.82. The number of aliphatic hydroxyl groups excluding tert-OH is 1. The van der Waals surface area contributed by atoms with Gasteiger partial charge in [0.2, 0.25) is 0 Å². The second-order valence-electron chi connectivity index (χ2n) is 7.28. The molecule has 3 aromatic carbocycles. The van der Waals surface area contributed by atoms with Crippen LogP contribution in [0, 0.1) is 6.92 Å². The quantitative estimate of drug-likeness (QED) is 0.555. The highest BCUT2D eigenvalue weighted by Crippen LogP contribution is 2.17. The third kappa shape index (κ3) is 6.93. The lowest BCUT2D eigenvalue weighted by molar-refractivity contribution is 0.0628. The second-order valence-corrected chi connectivity index (χ2v) is 7.28. The van der Waals surface area contributed by atoms with Gasteiger partial charge in [0.25, 0.3) is 0 Å². The zero-order valence-corrected chi connectivity index (χ0v) is 17.1. The molecule has 0 aliphatic heterocycles. The zero-order chi connectivity index (χ0) is 20.5. The molecule has 0 amide bonds. The summed E-state index contributed by atoms with van der Waals surface area (Å²) in [5, 5.41) is 10.6. The first-order valence-corrected chi connectivity index (χ1v) is 9.89. The summed E-state index contributed by atoms with van der Waals surface area (Å²) in [6.07, 6.45) is -0.591. The third-order valence-electron chi connectivity index (χ3n) is 4.75. The minimum atomic E-state index is -0.591. The van der Waals surface area contributed by atoms with Crippen LogP contribution in [-0.2, 0) is 13.1 Å². The van der Waals surface area contributed by atoms with Crippen molar-refractivity contribution < 1.29 is 14.6 Å². The molecule has 3 aromatic rings. The van der Waals surface area contributed by atoms with Crippen LogP contribution in [0.2, 0.25) is 0 Å². The highest BCUT2D eigenvalue weighted by atomic mass is 16.5. The number of nitrogens with zero attached hydrogens (tertiary/aromatic N) is 1. The Morgan fingerprint density at radius 1 is 0.793 bits per heavy atom. The number of aliphatic hydroxyl groups is 1. The summed E-state index contributed by atoms with van der Waals surface area (Å²) in [5.41, 5.74) is 3.70. The number of hydrogen-bond donors (Lipinski definition) is 1. The van der Waals surface area contributed by atoms with Gasteiger partial charge < -0.3 is 14.6 Å². The van der Waals surface area contributed by atoms with Crippen LogP contribution in [0.5, 0.6) is 11.5 Å². The minimum absolute atomic E-state index is 0.242. The summed E-state index contributed by atoms with van der Waals surface area (Å²) in [6, 6.07) is 26.3. The number of rotatable bonds is 10. The summed E-state index contributed by atoms with van der Waals surface area (Å²) in [7, 11) is 1.63. The topological polar surface area (TPSA) is 41.9 Å². The first kappa shape index (κ1) is 20.9. The SMILES string of the molecule is COc1ccc(OC[C@H](O)CN(Cc2ccccc2)Cc2ccc(C)cc2)cc1. The fraction of sp³-hybridized carbons (Fsp3) is 0.280. The molecule has 0 saturated heterocycles. The Kier molecular flexibility index (Phi) is 7.68. The Labute approximate surface area is 173 Å². The van der Waals surface area contributed by atoms with Gasteiger partial charge >= 0.3 is 0 Å². The minimum Gasteiger partial charge on any atom is -0.497 e. The van der Waals surface area contributed by atoms with Gasteiger partial charge in [-0.15, -0.1) is 0 Å². The van der Waals surface area contributed by atoms with Gasteiger partial charge in [0.1, 0.15) is 24.2 Å². The fourth-order valence-electron chi connectivity index (χ4n) is 3.19. The maximum Gasteiger partial charge on any atom is 0.119 e. The molecular formula is C25H29NO3. The molecule has 0 fully saturated rings. The van der Waals surface area contributed by atoms with Gasteiger partial charge in [-0.25, -0.2) is 0 Å². The van der Waals surface area contributed by atoms with E-state index >= 15 is 0 Å². The van der Waals surface area contributed by atoms with Crippen LogP contribution in [0.4, 0.5) is 0 Å². The second kappa shape index (κ2) is 10.6. The van der Waals surface area contributed by atoms with E-state index in [1.807, 2.05) is 42.5 Å². The number of benzene rings is 3. The summed E-state index contributed by atoms with van der Waals surface area (Å²) in [5.74, 6) is 1.50. The Morgan fingerprint density at radius 2 is 1.38 bits per heavy atom. The van der Waals surface area contributed by atoms with E-state index in [0.29, 0.717) is 6.54 Å². The van der Waals surface area contributed by atoms with Gasteiger partial charge in [-0.05, 0) is 42.3 Å². The van der Waals surface area contributed by atoms with Crippen molar-refractivity contribution in [2.45, 2.75) is 26.1 Å². The highest BCUT2D eigenvalue weighted by Gasteiger charge is 2.14. The molecule has 0 aromatic heterocycles. The van der Waals surface area contributed by atoms with Crippen LogP contribution in [0.1, 0.15) is 16.7 Å². The average molecular weight is 392 g/mol. The Bertz CT molecular complexity index is 848. The Morgan fingerprint density at radius 3 is 2.00 bits per heavy atom. The van der Waals surface area contributed by atoms with Gasteiger partial charge in [-0.3, -0.25) is 4.90 Å². The van der Waals surface area contributed by atoms with Crippen molar-refractivity contribution in [2.24, 2.45) is 0 Å². The van der Waals surface area contributed by atoms with E-state index in [1.54, 1.807) is 7.11 Å². The van der Waals surface area contributed by atoms with Crippen molar-refractivity contribution in [3.05, 3.63) is 95.6 Å². The van der Waals surface area contributed by atoms with E-state index in [-0.39, 0.29) is 6.61 Å². The van der Waals surface area contributed by atoms with Crippen LogP contribution < -0.4 is 9.47 Å². The van der Waals surface area contributed by atoms with Crippen molar-refractivity contribution in [3.8, 4) is 11.5 Å². The van der Waals surface area contributed by atoms with Crippen molar-refractivity contribution in [1.29, 1.82) is 0 Å². The van der Waals surface area contributed by atoms with E-state index in [2.05, 4.69) is 48.2 Å². The summed E-state index contributed by atoms with van der Waals surface area (Å²) in [6.45, 7) is 4.40. The van der Waals surface area contributed by atoms with Crippen LogP contribution in [0.15, 0.2) is 78.9 Å². The van der Waals surface area contributed by atoms with Crippen LogP contribution in [0.25, 0.3) is 0 Å². The van der Waals surface area contributed by atoms with Gasteiger partial charge in [0.05, 0.1) is 7.11 Å². The maximum absolute atomic E-state index is 10.6.